The molecule has 1 aromatic heterocycles. The zero-order valence-corrected chi connectivity index (χ0v) is 9.06. The van der Waals surface area contributed by atoms with Gasteiger partial charge in [-0.3, -0.25) is 0 Å². The standard InChI is InChI=1S/C11H13NOS/c1-7(12-2)10-6-14-11-4-3-8(13)5-9(10)11/h3-7,12-13H,1-2H3. The van der Waals surface area contributed by atoms with Crippen molar-refractivity contribution in [3.05, 3.63) is 29.1 Å². The van der Waals surface area contributed by atoms with E-state index in [2.05, 4.69) is 17.6 Å². The van der Waals surface area contributed by atoms with Crippen molar-refractivity contribution in [1.29, 1.82) is 0 Å². The van der Waals surface area contributed by atoms with Crippen molar-refractivity contribution in [3.8, 4) is 5.75 Å². The van der Waals surface area contributed by atoms with Gasteiger partial charge in [0.1, 0.15) is 5.75 Å². The number of hydrogen-bond acceptors (Lipinski definition) is 3. The molecular formula is C11H13NOS. The van der Waals surface area contributed by atoms with Gasteiger partial charge in [0, 0.05) is 16.1 Å². The largest absolute Gasteiger partial charge is 0.508 e. The van der Waals surface area contributed by atoms with Crippen LogP contribution in [0.2, 0.25) is 0 Å². The molecule has 0 aliphatic heterocycles. The second kappa shape index (κ2) is 3.59. The Morgan fingerprint density at radius 3 is 2.93 bits per heavy atom. The monoisotopic (exact) mass is 207 g/mol. The average Bonchev–Trinajstić information content (AvgIpc) is 2.59. The maximum atomic E-state index is 9.41. The molecule has 1 unspecified atom stereocenters. The third-order valence-electron chi connectivity index (χ3n) is 2.49. The molecule has 14 heavy (non-hydrogen) atoms. The zero-order valence-electron chi connectivity index (χ0n) is 8.24. The van der Waals surface area contributed by atoms with E-state index < -0.39 is 0 Å². The Balaban J connectivity index is 2.61. The second-order valence-electron chi connectivity index (χ2n) is 3.38. The first-order valence-corrected chi connectivity index (χ1v) is 5.47. The molecule has 0 aliphatic carbocycles. The normalized spacial score (nSPS) is 13.3. The molecule has 2 nitrogen and oxygen atoms in total. The summed E-state index contributed by atoms with van der Waals surface area (Å²) in [5, 5.41) is 15.9. The van der Waals surface area contributed by atoms with Gasteiger partial charge in [0.05, 0.1) is 0 Å². The van der Waals surface area contributed by atoms with Crippen LogP contribution in [0.3, 0.4) is 0 Å². The second-order valence-corrected chi connectivity index (χ2v) is 4.29. The van der Waals surface area contributed by atoms with Gasteiger partial charge in [-0.25, -0.2) is 0 Å². The van der Waals surface area contributed by atoms with Crippen molar-refractivity contribution in [2.45, 2.75) is 13.0 Å². The average molecular weight is 207 g/mol. The van der Waals surface area contributed by atoms with Crippen molar-refractivity contribution < 1.29 is 5.11 Å². The first-order chi connectivity index (χ1) is 6.72. The Hall–Kier alpha value is -1.06. The number of fused-ring (bicyclic) bond motifs is 1. The highest BCUT2D eigenvalue weighted by Crippen LogP contribution is 2.32. The van der Waals surface area contributed by atoms with Gasteiger partial charge >= 0.3 is 0 Å². The van der Waals surface area contributed by atoms with Crippen LogP contribution in [0.5, 0.6) is 5.75 Å². The van der Waals surface area contributed by atoms with Crippen LogP contribution in [0.1, 0.15) is 18.5 Å². The van der Waals surface area contributed by atoms with Gasteiger partial charge in [0.15, 0.2) is 0 Å². The van der Waals surface area contributed by atoms with Crippen LogP contribution in [-0.2, 0) is 0 Å². The van der Waals surface area contributed by atoms with Gasteiger partial charge < -0.3 is 10.4 Å². The highest BCUT2D eigenvalue weighted by Gasteiger charge is 2.09. The molecule has 0 saturated heterocycles. The van der Waals surface area contributed by atoms with E-state index in [4.69, 9.17) is 0 Å². The summed E-state index contributed by atoms with van der Waals surface area (Å²) in [6.45, 7) is 2.12. The molecule has 0 aliphatic rings. The van der Waals surface area contributed by atoms with Crippen LogP contribution in [0.15, 0.2) is 23.6 Å². The molecule has 0 bridgehead atoms. The Morgan fingerprint density at radius 2 is 2.21 bits per heavy atom. The van der Waals surface area contributed by atoms with E-state index in [9.17, 15) is 5.11 Å². The lowest BCUT2D eigenvalue weighted by molar-refractivity contribution is 0.476. The Labute approximate surface area is 87.2 Å². The minimum absolute atomic E-state index is 0.325. The topological polar surface area (TPSA) is 32.3 Å². The van der Waals surface area contributed by atoms with Crippen molar-refractivity contribution in [3.63, 3.8) is 0 Å². The minimum Gasteiger partial charge on any atom is -0.508 e. The third kappa shape index (κ3) is 1.49. The predicted octanol–water partition coefficient (Wildman–Crippen LogP) is 2.89. The highest BCUT2D eigenvalue weighted by atomic mass is 32.1. The van der Waals surface area contributed by atoms with Crippen LogP contribution in [0, 0.1) is 0 Å². The van der Waals surface area contributed by atoms with Gasteiger partial charge in [-0.15, -0.1) is 11.3 Å². The molecule has 74 valence electrons. The lowest BCUT2D eigenvalue weighted by Gasteiger charge is -2.08. The van der Waals surface area contributed by atoms with Gasteiger partial charge in [-0.2, -0.15) is 0 Å². The number of hydrogen-bond donors (Lipinski definition) is 2. The molecule has 3 heteroatoms. The van der Waals surface area contributed by atoms with E-state index >= 15 is 0 Å². The predicted molar refractivity (Wildman–Crippen MR) is 61.0 cm³/mol. The molecule has 2 aromatic rings. The van der Waals surface area contributed by atoms with Gasteiger partial charge in [-0.05, 0) is 43.1 Å². The number of phenolic OH excluding ortho intramolecular Hbond substituents is 1. The number of phenols is 1. The van der Waals surface area contributed by atoms with E-state index in [1.54, 1.807) is 17.4 Å². The Bertz CT molecular complexity index is 449. The zero-order chi connectivity index (χ0) is 10.1. The Kier molecular flexibility index (Phi) is 2.44. The first kappa shape index (κ1) is 9.49. The summed E-state index contributed by atoms with van der Waals surface area (Å²) in [4.78, 5) is 0. The molecular weight excluding hydrogens is 194 g/mol. The van der Waals surface area contributed by atoms with E-state index in [1.807, 2.05) is 19.2 Å². The summed E-state index contributed by atoms with van der Waals surface area (Å²) in [5.74, 6) is 0.334. The number of aromatic hydroxyl groups is 1. The van der Waals surface area contributed by atoms with E-state index in [0.717, 1.165) is 5.39 Å². The summed E-state index contributed by atoms with van der Waals surface area (Å²) in [5.41, 5.74) is 1.25. The fraction of sp³-hybridized carbons (Fsp3) is 0.273. The molecule has 0 saturated carbocycles. The number of thiophene rings is 1. The summed E-state index contributed by atoms with van der Waals surface area (Å²) < 4.78 is 1.22. The van der Waals surface area contributed by atoms with Crippen molar-refractivity contribution in [1.82, 2.24) is 5.32 Å². The molecule has 0 spiro atoms. The SMILES string of the molecule is CNC(C)c1csc2ccc(O)cc12. The lowest BCUT2D eigenvalue weighted by Crippen LogP contribution is -2.11. The van der Waals surface area contributed by atoms with Crippen molar-refractivity contribution in [2.24, 2.45) is 0 Å². The molecule has 2 N–H and O–H groups in total. The fourth-order valence-electron chi connectivity index (χ4n) is 1.53. The smallest absolute Gasteiger partial charge is 0.116 e. The summed E-state index contributed by atoms with van der Waals surface area (Å²) in [6.07, 6.45) is 0. The third-order valence-corrected chi connectivity index (χ3v) is 3.47. The highest BCUT2D eigenvalue weighted by molar-refractivity contribution is 7.17. The summed E-state index contributed by atoms with van der Waals surface area (Å²) in [6, 6.07) is 5.84. The van der Waals surface area contributed by atoms with Crippen LogP contribution in [0.4, 0.5) is 0 Å². The van der Waals surface area contributed by atoms with E-state index in [0.29, 0.717) is 11.8 Å². The van der Waals surface area contributed by atoms with Gasteiger partial charge in [0.2, 0.25) is 0 Å². The van der Waals surface area contributed by atoms with Crippen molar-refractivity contribution in [2.75, 3.05) is 7.05 Å². The molecule has 0 amide bonds. The maximum absolute atomic E-state index is 9.41. The number of rotatable bonds is 2. The molecule has 1 heterocycles. The molecule has 0 fully saturated rings. The number of nitrogens with one attached hydrogen (secondary N) is 1. The summed E-state index contributed by atoms with van der Waals surface area (Å²) >= 11 is 1.72. The van der Waals surface area contributed by atoms with E-state index in [-0.39, 0.29) is 0 Å². The van der Waals surface area contributed by atoms with Crippen LogP contribution >= 0.6 is 11.3 Å². The number of benzene rings is 1. The minimum atomic E-state index is 0.325. The van der Waals surface area contributed by atoms with Crippen LogP contribution in [0.25, 0.3) is 10.1 Å². The Morgan fingerprint density at radius 1 is 1.43 bits per heavy atom. The fourth-order valence-corrected chi connectivity index (χ4v) is 2.56. The van der Waals surface area contributed by atoms with Gasteiger partial charge in [-0.1, -0.05) is 0 Å². The molecule has 2 rings (SSSR count). The summed E-state index contributed by atoms with van der Waals surface area (Å²) in [7, 11) is 1.94. The lowest BCUT2D eigenvalue weighted by atomic mass is 10.1. The van der Waals surface area contributed by atoms with Crippen molar-refractivity contribution >= 4 is 21.4 Å². The van der Waals surface area contributed by atoms with E-state index in [1.165, 1.54) is 10.3 Å². The first-order valence-electron chi connectivity index (χ1n) is 4.59. The molecule has 1 atom stereocenters. The van der Waals surface area contributed by atoms with Crippen LogP contribution in [-0.4, -0.2) is 12.2 Å². The maximum Gasteiger partial charge on any atom is 0.116 e. The molecule has 1 aromatic carbocycles. The quantitative estimate of drug-likeness (QED) is 0.793. The van der Waals surface area contributed by atoms with Crippen LogP contribution < -0.4 is 5.32 Å². The molecule has 0 radical (unpaired) electrons. The van der Waals surface area contributed by atoms with Gasteiger partial charge in [0.25, 0.3) is 0 Å².